The van der Waals surface area contributed by atoms with Crippen molar-refractivity contribution in [3.63, 3.8) is 0 Å². The molecule has 4 nitrogen and oxygen atoms in total. The van der Waals surface area contributed by atoms with E-state index < -0.39 is 0 Å². The van der Waals surface area contributed by atoms with Crippen molar-refractivity contribution in [2.45, 2.75) is 50.9 Å². The first-order valence-electron chi connectivity index (χ1n) is 7.72. The molecule has 0 unspecified atom stereocenters. The predicted molar refractivity (Wildman–Crippen MR) is 82.8 cm³/mol. The summed E-state index contributed by atoms with van der Waals surface area (Å²) in [5.41, 5.74) is 0.916. The van der Waals surface area contributed by atoms with Crippen molar-refractivity contribution >= 4 is 17.1 Å². The SMILES string of the molecule is CC(=O)c1cc(CN2CCC3(CC2)OCCC[C@H]3O)cs1. The minimum atomic E-state index is -0.307. The van der Waals surface area contributed by atoms with Gasteiger partial charge in [0.1, 0.15) is 0 Å². The summed E-state index contributed by atoms with van der Waals surface area (Å²) in [6, 6.07) is 2.00. The van der Waals surface area contributed by atoms with E-state index in [2.05, 4.69) is 10.3 Å². The van der Waals surface area contributed by atoms with Gasteiger partial charge in [-0.2, -0.15) is 0 Å². The van der Waals surface area contributed by atoms with Gasteiger partial charge in [-0.3, -0.25) is 9.69 Å². The summed E-state index contributed by atoms with van der Waals surface area (Å²) in [5.74, 6) is 0.141. The largest absolute Gasteiger partial charge is 0.390 e. The van der Waals surface area contributed by atoms with Gasteiger partial charge in [0.25, 0.3) is 0 Å². The molecule has 0 bridgehead atoms. The van der Waals surface area contributed by atoms with Gasteiger partial charge in [-0.1, -0.05) is 0 Å². The number of aliphatic hydroxyl groups is 1. The normalized spacial score (nSPS) is 26.1. The number of rotatable bonds is 3. The zero-order valence-electron chi connectivity index (χ0n) is 12.5. The molecule has 1 N–H and O–H groups in total. The number of hydrogen-bond acceptors (Lipinski definition) is 5. The van der Waals surface area contributed by atoms with Crippen molar-refractivity contribution < 1.29 is 14.6 Å². The van der Waals surface area contributed by atoms with Crippen LogP contribution < -0.4 is 0 Å². The Morgan fingerprint density at radius 1 is 1.52 bits per heavy atom. The number of thiophene rings is 1. The highest BCUT2D eigenvalue weighted by Crippen LogP contribution is 2.35. The molecule has 0 amide bonds. The summed E-state index contributed by atoms with van der Waals surface area (Å²) in [4.78, 5) is 14.6. The maximum Gasteiger partial charge on any atom is 0.169 e. The molecule has 0 aromatic carbocycles. The van der Waals surface area contributed by atoms with E-state index in [1.54, 1.807) is 6.92 Å². The lowest BCUT2D eigenvalue weighted by Gasteiger charge is -2.46. The van der Waals surface area contributed by atoms with Crippen molar-refractivity contribution in [3.05, 3.63) is 21.9 Å². The highest BCUT2D eigenvalue weighted by molar-refractivity contribution is 7.12. The van der Waals surface area contributed by atoms with Crippen LogP contribution in [0.4, 0.5) is 0 Å². The Bertz CT molecular complexity index is 505. The Morgan fingerprint density at radius 2 is 2.29 bits per heavy atom. The zero-order valence-corrected chi connectivity index (χ0v) is 13.3. The van der Waals surface area contributed by atoms with E-state index in [0.29, 0.717) is 0 Å². The molecule has 1 aromatic heterocycles. The Labute approximate surface area is 129 Å². The minimum absolute atomic E-state index is 0.141. The van der Waals surface area contributed by atoms with Gasteiger partial charge in [-0.25, -0.2) is 0 Å². The number of piperidine rings is 1. The van der Waals surface area contributed by atoms with Crippen molar-refractivity contribution in [1.29, 1.82) is 0 Å². The Balaban J connectivity index is 1.56. The van der Waals surface area contributed by atoms with Gasteiger partial charge in [-0.05, 0) is 49.6 Å². The summed E-state index contributed by atoms with van der Waals surface area (Å²) < 4.78 is 5.93. The number of aliphatic hydroxyl groups excluding tert-OH is 1. The van der Waals surface area contributed by atoms with Crippen LogP contribution in [0.2, 0.25) is 0 Å². The molecule has 2 saturated heterocycles. The van der Waals surface area contributed by atoms with Crippen LogP contribution in [0.5, 0.6) is 0 Å². The Morgan fingerprint density at radius 3 is 2.90 bits per heavy atom. The molecular weight excluding hydrogens is 286 g/mol. The molecule has 3 rings (SSSR count). The second-order valence-corrected chi connectivity index (χ2v) is 7.13. The van der Waals surface area contributed by atoms with Crippen molar-refractivity contribution in [2.24, 2.45) is 0 Å². The lowest BCUT2D eigenvalue weighted by molar-refractivity contribution is -0.177. The first-order chi connectivity index (χ1) is 10.1. The van der Waals surface area contributed by atoms with E-state index in [-0.39, 0.29) is 17.5 Å². The number of carbonyl (C=O) groups excluding carboxylic acids is 1. The monoisotopic (exact) mass is 309 g/mol. The average molecular weight is 309 g/mol. The fraction of sp³-hybridized carbons (Fsp3) is 0.688. The first-order valence-corrected chi connectivity index (χ1v) is 8.60. The van der Waals surface area contributed by atoms with E-state index >= 15 is 0 Å². The fourth-order valence-electron chi connectivity index (χ4n) is 3.38. The van der Waals surface area contributed by atoms with Gasteiger partial charge in [-0.15, -0.1) is 11.3 Å². The molecule has 21 heavy (non-hydrogen) atoms. The van der Waals surface area contributed by atoms with E-state index in [0.717, 1.165) is 56.8 Å². The quantitative estimate of drug-likeness (QED) is 0.872. The van der Waals surface area contributed by atoms with Crippen LogP contribution in [0, 0.1) is 0 Å². The molecule has 0 saturated carbocycles. The van der Waals surface area contributed by atoms with Gasteiger partial charge in [0, 0.05) is 26.2 Å². The minimum Gasteiger partial charge on any atom is -0.390 e. The summed E-state index contributed by atoms with van der Waals surface area (Å²) in [6.45, 7) is 5.17. The molecule has 2 aliphatic heterocycles. The Hall–Kier alpha value is -0.750. The van der Waals surface area contributed by atoms with Gasteiger partial charge >= 0.3 is 0 Å². The summed E-state index contributed by atoms with van der Waals surface area (Å²) in [6.07, 6.45) is 3.33. The molecular formula is C16H23NO3S. The van der Waals surface area contributed by atoms with Crippen molar-refractivity contribution in [2.75, 3.05) is 19.7 Å². The van der Waals surface area contributed by atoms with E-state index in [9.17, 15) is 9.90 Å². The third-order valence-corrected chi connectivity index (χ3v) is 5.81. The zero-order chi connectivity index (χ0) is 14.9. The number of carbonyl (C=O) groups is 1. The van der Waals surface area contributed by atoms with Crippen LogP contribution in [0.1, 0.15) is 47.8 Å². The maximum atomic E-state index is 11.3. The predicted octanol–water partition coefficient (Wildman–Crippen LogP) is 2.46. The molecule has 0 aliphatic carbocycles. The van der Waals surface area contributed by atoms with E-state index in [1.807, 2.05) is 6.07 Å². The topological polar surface area (TPSA) is 49.8 Å². The molecule has 3 heterocycles. The summed E-state index contributed by atoms with van der Waals surface area (Å²) >= 11 is 1.53. The molecule has 1 atom stereocenters. The van der Waals surface area contributed by atoms with Crippen LogP contribution in [0.25, 0.3) is 0 Å². The maximum absolute atomic E-state index is 11.3. The van der Waals surface area contributed by atoms with Gasteiger partial charge < -0.3 is 9.84 Å². The molecule has 5 heteroatoms. The number of nitrogens with zero attached hydrogens (tertiary/aromatic N) is 1. The highest BCUT2D eigenvalue weighted by Gasteiger charge is 2.43. The molecule has 0 radical (unpaired) electrons. The number of Topliss-reactive ketones (excluding diaryl/α,β-unsaturated/α-hetero) is 1. The van der Waals surface area contributed by atoms with E-state index in [1.165, 1.54) is 16.9 Å². The van der Waals surface area contributed by atoms with Crippen LogP contribution in [-0.2, 0) is 11.3 Å². The third-order valence-electron chi connectivity index (χ3n) is 4.73. The molecule has 1 spiro atoms. The van der Waals surface area contributed by atoms with Gasteiger partial charge in [0.15, 0.2) is 5.78 Å². The van der Waals surface area contributed by atoms with Crippen LogP contribution >= 0.6 is 11.3 Å². The number of hydrogen-bond donors (Lipinski definition) is 1. The lowest BCUT2D eigenvalue weighted by Crippen LogP contribution is -2.55. The van der Waals surface area contributed by atoms with Crippen molar-refractivity contribution in [1.82, 2.24) is 4.90 Å². The molecule has 2 fully saturated rings. The molecule has 2 aliphatic rings. The fourth-order valence-corrected chi connectivity index (χ4v) is 4.19. The van der Waals surface area contributed by atoms with Crippen molar-refractivity contribution in [3.8, 4) is 0 Å². The summed E-state index contributed by atoms with van der Waals surface area (Å²) in [5, 5.41) is 12.3. The van der Waals surface area contributed by atoms with Gasteiger partial charge in [0.2, 0.25) is 0 Å². The second kappa shape index (κ2) is 6.16. The van der Waals surface area contributed by atoms with Crippen LogP contribution in [0.3, 0.4) is 0 Å². The lowest BCUT2D eigenvalue weighted by atomic mass is 9.82. The van der Waals surface area contributed by atoms with E-state index in [4.69, 9.17) is 4.74 Å². The number of likely N-dealkylation sites (tertiary alicyclic amines) is 1. The average Bonchev–Trinajstić information content (AvgIpc) is 2.94. The van der Waals surface area contributed by atoms with Crippen LogP contribution in [-0.4, -0.2) is 47.2 Å². The number of ketones is 1. The van der Waals surface area contributed by atoms with Crippen LogP contribution in [0.15, 0.2) is 11.4 Å². The number of ether oxygens (including phenoxy) is 1. The van der Waals surface area contributed by atoms with Gasteiger partial charge in [0.05, 0.1) is 16.6 Å². The highest BCUT2D eigenvalue weighted by atomic mass is 32.1. The third kappa shape index (κ3) is 3.21. The second-order valence-electron chi connectivity index (χ2n) is 6.22. The standard InChI is InChI=1S/C16H23NO3S/c1-12(18)14-9-13(11-21-14)10-17-6-4-16(5-7-17)15(19)3-2-8-20-16/h9,11,15,19H,2-8,10H2,1H3/t15-/m1/s1. The molecule has 116 valence electrons. The first kappa shape index (κ1) is 15.2. The Kier molecular flexibility index (Phi) is 4.45. The summed E-state index contributed by atoms with van der Waals surface area (Å²) in [7, 11) is 0. The smallest absolute Gasteiger partial charge is 0.169 e. The molecule has 1 aromatic rings.